The van der Waals surface area contributed by atoms with Gasteiger partial charge < -0.3 is 11.1 Å². The Hall–Kier alpha value is -3.67. The van der Waals surface area contributed by atoms with Crippen LogP contribution in [0.15, 0.2) is 84.9 Å². The minimum atomic E-state index is -0.249. The van der Waals surface area contributed by atoms with Gasteiger partial charge in [0.25, 0.3) is 5.91 Å². The Labute approximate surface area is 200 Å². The van der Waals surface area contributed by atoms with Crippen LogP contribution in [0.25, 0.3) is 32.6 Å². The number of hydrogen-bond acceptors (Lipinski definition) is 4. The summed E-state index contributed by atoms with van der Waals surface area (Å²) >= 11 is 7.43. The van der Waals surface area contributed by atoms with Crippen LogP contribution in [-0.2, 0) is 0 Å². The quantitative estimate of drug-likeness (QED) is 0.287. The Morgan fingerprint density at radius 2 is 1.61 bits per heavy atom. The molecule has 1 amide bonds. The number of aromatic nitrogens is 1. The Morgan fingerprint density at radius 1 is 0.939 bits per heavy atom. The predicted octanol–water partition coefficient (Wildman–Crippen LogP) is 7.43. The average Bonchev–Trinajstić information content (AvgIpc) is 3.17. The molecule has 0 radical (unpaired) electrons. The first-order valence-electron chi connectivity index (χ1n) is 10.4. The molecule has 5 rings (SSSR count). The molecule has 0 unspecified atom stereocenters. The van der Waals surface area contributed by atoms with Gasteiger partial charge in [0.2, 0.25) is 0 Å². The molecule has 2 aromatic heterocycles. The van der Waals surface area contributed by atoms with E-state index < -0.39 is 0 Å². The van der Waals surface area contributed by atoms with Crippen molar-refractivity contribution in [2.45, 2.75) is 6.92 Å². The first kappa shape index (κ1) is 21.2. The van der Waals surface area contributed by atoms with Crippen molar-refractivity contribution in [3.8, 4) is 22.4 Å². The third kappa shape index (κ3) is 4.21. The molecule has 0 aliphatic carbocycles. The number of halogens is 1. The van der Waals surface area contributed by atoms with Gasteiger partial charge in [0.05, 0.1) is 11.4 Å². The second kappa shape index (κ2) is 8.70. The molecule has 162 valence electrons. The molecular weight excluding hydrogens is 450 g/mol. The number of nitrogens with one attached hydrogen (secondary N) is 1. The summed E-state index contributed by atoms with van der Waals surface area (Å²) in [6.45, 7) is 2.05. The number of fused-ring (bicyclic) bond motifs is 1. The van der Waals surface area contributed by atoms with Crippen molar-refractivity contribution < 1.29 is 4.79 Å². The number of rotatable bonds is 4. The van der Waals surface area contributed by atoms with Gasteiger partial charge in [-0.1, -0.05) is 71.8 Å². The summed E-state index contributed by atoms with van der Waals surface area (Å²) in [5.41, 5.74) is 12.6. The van der Waals surface area contributed by atoms with E-state index in [-0.39, 0.29) is 5.91 Å². The standard InChI is InChI=1S/C27H20ClN3OS/c1-16-7-9-18(10-8-16)22-15-21(17-11-13-19(28)14-12-17)23-24(29)25(33-27(23)31-22)26(32)30-20-5-3-2-4-6-20/h2-15H,29H2,1H3,(H,30,32). The molecule has 0 atom stereocenters. The maximum Gasteiger partial charge on any atom is 0.267 e. The maximum absolute atomic E-state index is 13.1. The number of pyridine rings is 1. The number of nitrogens with zero attached hydrogens (tertiary/aromatic N) is 1. The average molecular weight is 470 g/mol. The molecule has 0 spiro atoms. The number of benzene rings is 3. The normalized spacial score (nSPS) is 11.0. The highest BCUT2D eigenvalue weighted by Crippen LogP contribution is 2.41. The summed E-state index contributed by atoms with van der Waals surface area (Å²) in [4.78, 5) is 19.1. The van der Waals surface area contributed by atoms with Crippen molar-refractivity contribution >= 4 is 50.4 Å². The number of nitrogen functional groups attached to an aromatic ring is 1. The van der Waals surface area contributed by atoms with Crippen LogP contribution < -0.4 is 11.1 Å². The lowest BCUT2D eigenvalue weighted by Gasteiger charge is -2.09. The lowest BCUT2D eigenvalue weighted by molar-refractivity contribution is 0.103. The van der Waals surface area contributed by atoms with Crippen molar-refractivity contribution in [1.82, 2.24) is 4.98 Å². The van der Waals surface area contributed by atoms with Crippen LogP contribution in [-0.4, -0.2) is 10.9 Å². The maximum atomic E-state index is 13.1. The Morgan fingerprint density at radius 3 is 2.30 bits per heavy atom. The fourth-order valence-electron chi connectivity index (χ4n) is 3.73. The van der Waals surface area contributed by atoms with E-state index in [1.54, 1.807) is 0 Å². The van der Waals surface area contributed by atoms with E-state index in [4.69, 9.17) is 22.3 Å². The Balaban J connectivity index is 1.68. The van der Waals surface area contributed by atoms with E-state index >= 15 is 0 Å². The molecule has 0 bridgehead atoms. The fourth-order valence-corrected chi connectivity index (χ4v) is 4.87. The number of para-hydroxylation sites is 1. The number of amides is 1. The predicted molar refractivity (Wildman–Crippen MR) is 139 cm³/mol. The van der Waals surface area contributed by atoms with Gasteiger partial charge in [0, 0.05) is 21.7 Å². The van der Waals surface area contributed by atoms with E-state index in [0.29, 0.717) is 26.1 Å². The SMILES string of the molecule is Cc1ccc(-c2cc(-c3ccc(Cl)cc3)c3c(N)c(C(=O)Nc4ccccc4)sc3n2)cc1. The molecule has 0 fully saturated rings. The van der Waals surface area contributed by atoms with Crippen molar-refractivity contribution in [2.75, 3.05) is 11.1 Å². The summed E-state index contributed by atoms with van der Waals surface area (Å²) in [5, 5.41) is 4.36. The van der Waals surface area contributed by atoms with Gasteiger partial charge in [-0.25, -0.2) is 4.98 Å². The van der Waals surface area contributed by atoms with Crippen LogP contribution in [0, 0.1) is 6.92 Å². The van der Waals surface area contributed by atoms with Crippen molar-refractivity contribution in [2.24, 2.45) is 0 Å². The van der Waals surface area contributed by atoms with E-state index in [9.17, 15) is 4.79 Å². The molecule has 5 aromatic rings. The van der Waals surface area contributed by atoms with Crippen LogP contribution in [0.1, 0.15) is 15.2 Å². The summed E-state index contributed by atoms with van der Waals surface area (Å²) in [5.74, 6) is -0.249. The summed E-state index contributed by atoms with van der Waals surface area (Å²) < 4.78 is 0. The van der Waals surface area contributed by atoms with Gasteiger partial charge in [-0.15, -0.1) is 11.3 Å². The topological polar surface area (TPSA) is 68.0 Å². The zero-order valence-electron chi connectivity index (χ0n) is 17.8. The summed E-state index contributed by atoms with van der Waals surface area (Å²) in [6.07, 6.45) is 0. The number of carbonyl (C=O) groups is 1. The van der Waals surface area contributed by atoms with Gasteiger partial charge in [-0.05, 0) is 48.4 Å². The number of anilines is 2. The first-order valence-corrected chi connectivity index (χ1v) is 11.6. The van der Waals surface area contributed by atoms with E-state index in [1.807, 2.05) is 60.7 Å². The minimum Gasteiger partial charge on any atom is -0.397 e. The molecule has 3 N–H and O–H groups in total. The monoisotopic (exact) mass is 469 g/mol. The molecule has 0 saturated carbocycles. The molecule has 0 aliphatic heterocycles. The lowest BCUT2D eigenvalue weighted by atomic mass is 9.99. The van der Waals surface area contributed by atoms with Gasteiger partial charge in [-0.2, -0.15) is 0 Å². The highest BCUT2D eigenvalue weighted by molar-refractivity contribution is 7.21. The smallest absolute Gasteiger partial charge is 0.267 e. The van der Waals surface area contributed by atoms with Gasteiger partial charge in [-0.3, -0.25) is 4.79 Å². The second-order valence-corrected chi connectivity index (χ2v) is 9.21. The third-order valence-electron chi connectivity index (χ3n) is 5.44. The Kier molecular flexibility index (Phi) is 5.58. The van der Waals surface area contributed by atoms with E-state index in [1.165, 1.54) is 16.9 Å². The van der Waals surface area contributed by atoms with Gasteiger partial charge in [0.15, 0.2) is 0 Å². The van der Waals surface area contributed by atoms with Crippen molar-refractivity contribution in [3.05, 3.63) is 100 Å². The van der Waals surface area contributed by atoms with Gasteiger partial charge >= 0.3 is 0 Å². The lowest BCUT2D eigenvalue weighted by Crippen LogP contribution is -2.11. The molecule has 3 aromatic carbocycles. The van der Waals surface area contributed by atoms with Crippen LogP contribution in [0.5, 0.6) is 0 Å². The van der Waals surface area contributed by atoms with Crippen LogP contribution in [0.4, 0.5) is 11.4 Å². The molecular formula is C27H20ClN3OS. The number of thiophene rings is 1. The molecule has 2 heterocycles. The molecule has 0 saturated heterocycles. The molecule has 4 nitrogen and oxygen atoms in total. The largest absolute Gasteiger partial charge is 0.397 e. The zero-order valence-corrected chi connectivity index (χ0v) is 19.4. The van der Waals surface area contributed by atoms with E-state index in [0.717, 1.165) is 27.8 Å². The van der Waals surface area contributed by atoms with Crippen LogP contribution in [0.3, 0.4) is 0 Å². The zero-order chi connectivity index (χ0) is 22.9. The molecule has 6 heteroatoms. The number of hydrogen-bond donors (Lipinski definition) is 2. The van der Waals surface area contributed by atoms with E-state index in [2.05, 4.69) is 36.5 Å². The third-order valence-corrected chi connectivity index (χ3v) is 6.79. The van der Waals surface area contributed by atoms with Gasteiger partial charge in [0.1, 0.15) is 9.71 Å². The highest BCUT2D eigenvalue weighted by atomic mass is 35.5. The fraction of sp³-hybridized carbons (Fsp3) is 0.0370. The first-order chi connectivity index (χ1) is 16.0. The van der Waals surface area contributed by atoms with Crippen molar-refractivity contribution in [1.29, 1.82) is 0 Å². The highest BCUT2D eigenvalue weighted by Gasteiger charge is 2.22. The molecule has 33 heavy (non-hydrogen) atoms. The number of aryl methyl sites for hydroxylation is 1. The van der Waals surface area contributed by atoms with Crippen molar-refractivity contribution in [3.63, 3.8) is 0 Å². The second-order valence-electron chi connectivity index (χ2n) is 7.77. The number of nitrogens with two attached hydrogens (primary N) is 1. The summed E-state index contributed by atoms with van der Waals surface area (Å²) in [6, 6.07) is 27.2. The Bertz CT molecular complexity index is 1460. The minimum absolute atomic E-state index is 0.249. The summed E-state index contributed by atoms with van der Waals surface area (Å²) in [7, 11) is 0. The molecule has 0 aliphatic rings. The number of carbonyl (C=O) groups excluding carboxylic acids is 1. The van der Waals surface area contributed by atoms with Crippen LogP contribution >= 0.6 is 22.9 Å². The van der Waals surface area contributed by atoms with Crippen LogP contribution in [0.2, 0.25) is 5.02 Å².